The number of nitrogens with one attached hydrogen (secondary N) is 2. The summed E-state index contributed by atoms with van der Waals surface area (Å²) in [6.07, 6.45) is 6.74. The molecule has 21 heavy (non-hydrogen) atoms. The van der Waals surface area contributed by atoms with Gasteiger partial charge in [0.15, 0.2) is 0 Å². The summed E-state index contributed by atoms with van der Waals surface area (Å²) in [5.41, 5.74) is -0.935. The summed E-state index contributed by atoms with van der Waals surface area (Å²) in [6, 6.07) is 0.547. The fraction of sp³-hybridized carbons (Fsp3) is 0.938. The molecule has 5 nitrogen and oxygen atoms in total. The molecular weight excluding hydrogens is 268 g/mol. The van der Waals surface area contributed by atoms with E-state index in [0.717, 1.165) is 44.9 Å². The topological polar surface area (TPSA) is 70.6 Å². The van der Waals surface area contributed by atoms with E-state index in [1.54, 1.807) is 0 Å². The predicted molar refractivity (Wildman–Crippen MR) is 82.2 cm³/mol. The van der Waals surface area contributed by atoms with Gasteiger partial charge in [-0.1, -0.05) is 0 Å². The molecule has 0 aromatic carbocycles. The number of amides is 1. The van der Waals surface area contributed by atoms with Gasteiger partial charge < -0.3 is 20.5 Å². The molecule has 0 aromatic rings. The Hall–Kier alpha value is -0.810. The minimum atomic E-state index is -0.481. The smallest absolute Gasteiger partial charge is 0.407 e. The lowest BCUT2D eigenvalue weighted by molar-refractivity contribution is -0.0343. The summed E-state index contributed by atoms with van der Waals surface area (Å²) >= 11 is 0. The molecule has 0 radical (unpaired) electrons. The number of hydrogen-bond acceptors (Lipinski definition) is 4. The van der Waals surface area contributed by atoms with Crippen LogP contribution in [0.1, 0.15) is 65.7 Å². The van der Waals surface area contributed by atoms with Gasteiger partial charge in [-0.05, 0) is 65.7 Å². The van der Waals surface area contributed by atoms with Crippen LogP contribution in [0.2, 0.25) is 0 Å². The van der Waals surface area contributed by atoms with E-state index in [4.69, 9.17) is 4.74 Å². The van der Waals surface area contributed by atoms with Crippen molar-refractivity contribution in [3.63, 3.8) is 0 Å². The van der Waals surface area contributed by atoms with Crippen LogP contribution in [0.4, 0.5) is 4.79 Å². The number of carbonyl (C=O) groups is 1. The zero-order valence-corrected chi connectivity index (χ0v) is 13.6. The van der Waals surface area contributed by atoms with Gasteiger partial charge in [0.05, 0.1) is 5.60 Å². The first-order valence-corrected chi connectivity index (χ1v) is 8.21. The van der Waals surface area contributed by atoms with E-state index < -0.39 is 11.2 Å². The van der Waals surface area contributed by atoms with Crippen molar-refractivity contribution in [2.45, 2.75) is 89.0 Å². The Morgan fingerprint density at radius 2 is 1.90 bits per heavy atom. The zero-order chi connectivity index (χ0) is 15.5. The van der Waals surface area contributed by atoms with Gasteiger partial charge in [0.25, 0.3) is 0 Å². The summed E-state index contributed by atoms with van der Waals surface area (Å²) in [5, 5.41) is 16.6. The van der Waals surface area contributed by atoms with Crippen LogP contribution in [-0.2, 0) is 4.74 Å². The van der Waals surface area contributed by atoms with Gasteiger partial charge >= 0.3 is 6.09 Å². The number of ether oxygens (including phenoxy) is 1. The average molecular weight is 298 g/mol. The Morgan fingerprint density at radius 3 is 2.48 bits per heavy atom. The van der Waals surface area contributed by atoms with E-state index in [0.29, 0.717) is 12.6 Å². The molecule has 122 valence electrons. The third-order valence-corrected chi connectivity index (χ3v) is 4.40. The van der Waals surface area contributed by atoms with Gasteiger partial charge in [-0.25, -0.2) is 4.79 Å². The average Bonchev–Trinajstić information content (AvgIpc) is 2.32. The number of hydrogen-bond donors (Lipinski definition) is 3. The molecule has 2 atom stereocenters. The quantitative estimate of drug-likeness (QED) is 0.745. The molecule has 2 saturated carbocycles. The molecule has 0 aliphatic heterocycles. The van der Waals surface area contributed by atoms with E-state index in [1.807, 2.05) is 20.8 Å². The first-order valence-electron chi connectivity index (χ1n) is 8.21. The maximum atomic E-state index is 11.8. The third-order valence-electron chi connectivity index (χ3n) is 4.40. The number of alkyl carbamates (subject to hydrolysis) is 1. The maximum absolute atomic E-state index is 11.8. The molecule has 2 unspecified atom stereocenters. The van der Waals surface area contributed by atoms with Crippen molar-refractivity contribution < 1.29 is 14.6 Å². The highest BCUT2D eigenvalue weighted by molar-refractivity contribution is 5.68. The lowest BCUT2D eigenvalue weighted by Crippen LogP contribution is -2.51. The second-order valence-corrected chi connectivity index (χ2v) is 7.67. The van der Waals surface area contributed by atoms with E-state index in [2.05, 4.69) is 10.6 Å². The first kappa shape index (κ1) is 16.6. The molecule has 0 saturated heterocycles. The number of carbonyl (C=O) groups excluding carboxylic acids is 1. The van der Waals surface area contributed by atoms with Gasteiger partial charge in [-0.15, -0.1) is 0 Å². The molecule has 2 aliphatic rings. The van der Waals surface area contributed by atoms with Gasteiger partial charge in [0.1, 0.15) is 5.60 Å². The molecule has 2 aliphatic carbocycles. The number of aliphatic hydroxyl groups is 1. The highest BCUT2D eigenvalue weighted by Crippen LogP contribution is 2.31. The molecular formula is C16H30N2O3. The van der Waals surface area contributed by atoms with Crippen LogP contribution in [0.15, 0.2) is 0 Å². The van der Waals surface area contributed by atoms with Crippen molar-refractivity contribution in [3.05, 3.63) is 0 Å². The van der Waals surface area contributed by atoms with Crippen LogP contribution in [0.5, 0.6) is 0 Å². The van der Waals surface area contributed by atoms with E-state index in [9.17, 15) is 9.90 Å². The largest absolute Gasteiger partial charge is 0.444 e. The summed E-state index contributed by atoms with van der Waals surface area (Å²) in [6.45, 7) is 6.29. The van der Waals surface area contributed by atoms with Gasteiger partial charge in [-0.3, -0.25) is 0 Å². The van der Waals surface area contributed by atoms with Gasteiger partial charge in [0, 0.05) is 18.6 Å². The van der Waals surface area contributed by atoms with Crippen LogP contribution in [-0.4, -0.2) is 41.0 Å². The number of rotatable bonds is 4. The monoisotopic (exact) mass is 298 g/mol. The van der Waals surface area contributed by atoms with Gasteiger partial charge in [-0.2, -0.15) is 0 Å². The lowest BCUT2D eigenvalue weighted by atomic mass is 9.80. The highest BCUT2D eigenvalue weighted by Gasteiger charge is 2.35. The van der Waals surface area contributed by atoms with Crippen molar-refractivity contribution in [1.82, 2.24) is 10.6 Å². The Kier molecular flexibility index (Phi) is 5.15. The van der Waals surface area contributed by atoms with E-state index in [-0.39, 0.29) is 12.1 Å². The van der Waals surface area contributed by atoms with Crippen molar-refractivity contribution in [3.8, 4) is 0 Å². The second kappa shape index (κ2) is 6.53. The Morgan fingerprint density at radius 1 is 1.24 bits per heavy atom. The minimum Gasteiger partial charge on any atom is -0.444 e. The Bertz CT molecular complexity index is 361. The molecule has 0 heterocycles. The van der Waals surface area contributed by atoms with Crippen LogP contribution in [0, 0.1) is 0 Å². The van der Waals surface area contributed by atoms with Crippen molar-refractivity contribution in [1.29, 1.82) is 0 Å². The van der Waals surface area contributed by atoms with Crippen LogP contribution in [0.25, 0.3) is 0 Å². The fourth-order valence-electron chi connectivity index (χ4n) is 3.08. The van der Waals surface area contributed by atoms with Crippen LogP contribution < -0.4 is 10.6 Å². The molecule has 3 N–H and O–H groups in total. The standard InChI is InChI=1S/C16H30N2O3/c1-15(2,3)21-14(19)18-13-7-4-6-12(10-13)17-11-16(20)8-5-9-16/h12-13,17,20H,4-11H2,1-3H3,(H,18,19). The molecule has 0 aromatic heterocycles. The SMILES string of the molecule is CC(C)(C)OC(=O)NC1CCCC(NCC2(O)CCC2)C1. The Balaban J connectivity index is 1.71. The molecule has 0 spiro atoms. The Labute approximate surface area is 127 Å². The second-order valence-electron chi connectivity index (χ2n) is 7.67. The van der Waals surface area contributed by atoms with Gasteiger partial charge in [0.2, 0.25) is 0 Å². The predicted octanol–water partition coefficient (Wildman–Crippen LogP) is 2.33. The fourth-order valence-corrected chi connectivity index (χ4v) is 3.08. The first-order chi connectivity index (χ1) is 9.76. The third kappa shape index (κ3) is 5.47. The zero-order valence-electron chi connectivity index (χ0n) is 13.6. The molecule has 1 amide bonds. The summed E-state index contributed by atoms with van der Waals surface area (Å²) in [4.78, 5) is 11.8. The van der Waals surface area contributed by atoms with Crippen LogP contribution >= 0.6 is 0 Å². The molecule has 0 bridgehead atoms. The lowest BCUT2D eigenvalue weighted by Gasteiger charge is -2.39. The highest BCUT2D eigenvalue weighted by atomic mass is 16.6. The van der Waals surface area contributed by atoms with E-state index >= 15 is 0 Å². The minimum absolute atomic E-state index is 0.169. The summed E-state index contributed by atoms with van der Waals surface area (Å²) < 4.78 is 5.31. The van der Waals surface area contributed by atoms with Crippen LogP contribution in [0.3, 0.4) is 0 Å². The normalized spacial score (nSPS) is 28.6. The molecule has 5 heteroatoms. The van der Waals surface area contributed by atoms with Crippen molar-refractivity contribution >= 4 is 6.09 Å². The van der Waals surface area contributed by atoms with E-state index in [1.165, 1.54) is 0 Å². The van der Waals surface area contributed by atoms with Crippen molar-refractivity contribution in [2.75, 3.05) is 6.54 Å². The molecule has 2 rings (SSSR count). The summed E-state index contributed by atoms with van der Waals surface area (Å²) in [5.74, 6) is 0. The summed E-state index contributed by atoms with van der Waals surface area (Å²) in [7, 11) is 0. The molecule has 2 fully saturated rings. The van der Waals surface area contributed by atoms with Crippen molar-refractivity contribution in [2.24, 2.45) is 0 Å². The maximum Gasteiger partial charge on any atom is 0.407 e.